The summed E-state index contributed by atoms with van der Waals surface area (Å²) in [6.45, 7) is 0.313. The van der Waals surface area contributed by atoms with Crippen molar-refractivity contribution in [2.45, 2.75) is 6.42 Å². The minimum atomic E-state index is -1.02. The Kier molecular flexibility index (Phi) is 4.11. The van der Waals surface area contributed by atoms with Crippen molar-refractivity contribution in [3.63, 3.8) is 0 Å². The zero-order valence-electron chi connectivity index (χ0n) is 9.95. The summed E-state index contributed by atoms with van der Waals surface area (Å²) in [5.74, 6) is -2.73. The second-order valence-corrected chi connectivity index (χ2v) is 4.94. The monoisotopic (exact) mass is 282 g/mol. The number of carbonyl (C=O) groups excluding carboxylic acids is 1. The number of amides is 1. The number of thiophene rings is 1. The third-order valence-electron chi connectivity index (χ3n) is 2.59. The first-order chi connectivity index (χ1) is 9.09. The number of hydrogen-bond donors (Lipinski definition) is 2. The number of nitrogens with two attached hydrogens (primary N) is 1. The third kappa shape index (κ3) is 3.08. The quantitative estimate of drug-likeness (QED) is 0.847. The van der Waals surface area contributed by atoms with Gasteiger partial charge in [0.2, 0.25) is 0 Å². The van der Waals surface area contributed by atoms with Crippen LogP contribution in [0.4, 0.5) is 14.5 Å². The Balaban J connectivity index is 2.02. The van der Waals surface area contributed by atoms with Gasteiger partial charge in [0.25, 0.3) is 5.91 Å². The summed E-state index contributed by atoms with van der Waals surface area (Å²) in [5, 5.41) is 4.40. The van der Waals surface area contributed by atoms with Crippen molar-refractivity contribution in [3.05, 3.63) is 51.7 Å². The van der Waals surface area contributed by atoms with Crippen LogP contribution in [0.2, 0.25) is 0 Å². The molecule has 19 heavy (non-hydrogen) atoms. The van der Waals surface area contributed by atoms with Crippen molar-refractivity contribution in [3.8, 4) is 0 Å². The number of hydrogen-bond acceptors (Lipinski definition) is 3. The van der Waals surface area contributed by atoms with Gasteiger partial charge in [-0.05, 0) is 30.0 Å². The van der Waals surface area contributed by atoms with Crippen molar-refractivity contribution in [1.29, 1.82) is 0 Å². The Morgan fingerprint density at radius 3 is 2.79 bits per heavy atom. The van der Waals surface area contributed by atoms with Crippen LogP contribution in [0.15, 0.2) is 29.6 Å². The molecule has 2 aromatic rings. The normalized spacial score (nSPS) is 10.4. The SMILES string of the molecule is Nc1ccc(F)c(C(=O)NCCc2cccs2)c1F. The molecular formula is C13H12F2N2OS. The van der Waals surface area contributed by atoms with Gasteiger partial charge >= 0.3 is 0 Å². The van der Waals surface area contributed by atoms with Gasteiger partial charge < -0.3 is 11.1 Å². The zero-order valence-corrected chi connectivity index (χ0v) is 10.8. The van der Waals surface area contributed by atoms with E-state index >= 15 is 0 Å². The van der Waals surface area contributed by atoms with E-state index in [0.29, 0.717) is 13.0 Å². The number of nitrogens with one attached hydrogen (secondary N) is 1. The number of halogens is 2. The molecule has 0 aliphatic rings. The number of rotatable bonds is 4. The number of nitrogen functional groups attached to an aromatic ring is 1. The van der Waals surface area contributed by atoms with Crippen LogP contribution in [0, 0.1) is 11.6 Å². The Morgan fingerprint density at radius 2 is 2.11 bits per heavy atom. The van der Waals surface area contributed by atoms with Crippen molar-refractivity contribution in [2.24, 2.45) is 0 Å². The maximum atomic E-state index is 13.6. The molecule has 0 aliphatic carbocycles. The molecule has 0 unspecified atom stereocenters. The van der Waals surface area contributed by atoms with Gasteiger partial charge in [-0.3, -0.25) is 4.79 Å². The molecule has 0 spiro atoms. The fraction of sp³-hybridized carbons (Fsp3) is 0.154. The maximum Gasteiger partial charge on any atom is 0.257 e. The summed E-state index contributed by atoms with van der Waals surface area (Å²) in [7, 11) is 0. The van der Waals surface area contributed by atoms with Crippen LogP contribution in [0.5, 0.6) is 0 Å². The number of carbonyl (C=O) groups is 1. The molecule has 0 fully saturated rings. The van der Waals surface area contributed by atoms with Crippen molar-refractivity contribution in [2.75, 3.05) is 12.3 Å². The zero-order chi connectivity index (χ0) is 13.8. The first-order valence-corrected chi connectivity index (χ1v) is 6.51. The molecule has 2 rings (SSSR count). The van der Waals surface area contributed by atoms with Crippen LogP contribution in [-0.4, -0.2) is 12.5 Å². The van der Waals surface area contributed by atoms with E-state index in [1.165, 1.54) is 0 Å². The Hall–Kier alpha value is -1.95. The van der Waals surface area contributed by atoms with Gasteiger partial charge in [-0.25, -0.2) is 8.78 Å². The number of benzene rings is 1. The lowest BCUT2D eigenvalue weighted by Gasteiger charge is -2.08. The van der Waals surface area contributed by atoms with E-state index in [9.17, 15) is 13.6 Å². The molecule has 1 aromatic heterocycles. The topological polar surface area (TPSA) is 55.1 Å². The molecular weight excluding hydrogens is 270 g/mol. The number of anilines is 1. The summed E-state index contributed by atoms with van der Waals surface area (Å²) < 4.78 is 27.0. The molecule has 0 saturated heterocycles. The maximum absolute atomic E-state index is 13.6. The summed E-state index contributed by atoms with van der Waals surface area (Å²) in [5.41, 5.74) is 4.43. The lowest BCUT2D eigenvalue weighted by Crippen LogP contribution is -2.27. The summed E-state index contributed by atoms with van der Waals surface area (Å²) >= 11 is 1.56. The van der Waals surface area contributed by atoms with Gasteiger partial charge in [0, 0.05) is 11.4 Å². The van der Waals surface area contributed by atoms with E-state index < -0.39 is 23.1 Å². The van der Waals surface area contributed by atoms with Gasteiger partial charge in [0.1, 0.15) is 11.4 Å². The summed E-state index contributed by atoms with van der Waals surface area (Å²) in [6, 6.07) is 5.90. The molecule has 0 aliphatic heterocycles. The highest BCUT2D eigenvalue weighted by Crippen LogP contribution is 2.18. The molecule has 3 N–H and O–H groups in total. The van der Waals surface area contributed by atoms with Crippen LogP contribution >= 0.6 is 11.3 Å². The van der Waals surface area contributed by atoms with Crippen molar-refractivity contribution < 1.29 is 13.6 Å². The molecule has 1 aromatic carbocycles. The van der Waals surface area contributed by atoms with Gasteiger partial charge in [0.05, 0.1) is 5.69 Å². The fourth-order valence-electron chi connectivity index (χ4n) is 1.62. The van der Waals surface area contributed by atoms with Crippen LogP contribution in [0.25, 0.3) is 0 Å². The first-order valence-electron chi connectivity index (χ1n) is 5.63. The largest absolute Gasteiger partial charge is 0.396 e. The summed E-state index contributed by atoms with van der Waals surface area (Å²) in [4.78, 5) is 12.8. The van der Waals surface area contributed by atoms with E-state index in [-0.39, 0.29) is 5.69 Å². The second-order valence-electron chi connectivity index (χ2n) is 3.91. The van der Waals surface area contributed by atoms with Crippen molar-refractivity contribution >= 4 is 22.9 Å². The lowest BCUT2D eigenvalue weighted by atomic mass is 10.1. The Morgan fingerprint density at radius 1 is 1.32 bits per heavy atom. The minimum absolute atomic E-state index is 0.246. The van der Waals surface area contributed by atoms with E-state index in [1.54, 1.807) is 11.3 Å². The average Bonchev–Trinajstić information content (AvgIpc) is 2.87. The van der Waals surface area contributed by atoms with E-state index in [2.05, 4.69) is 5.32 Å². The molecule has 0 atom stereocenters. The molecule has 0 radical (unpaired) electrons. The smallest absolute Gasteiger partial charge is 0.257 e. The predicted molar refractivity (Wildman–Crippen MR) is 71.1 cm³/mol. The van der Waals surface area contributed by atoms with Gasteiger partial charge in [-0.2, -0.15) is 0 Å². The molecule has 0 bridgehead atoms. The minimum Gasteiger partial charge on any atom is -0.396 e. The second kappa shape index (κ2) is 5.79. The van der Waals surface area contributed by atoms with E-state index in [0.717, 1.165) is 17.0 Å². The van der Waals surface area contributed by atoms with Crippen LogP contribution in [-0.2, 0) is 6.42 Å². The molecule has 1 heterocycles. The molecule has 6 heteroatoms. The molecule has 3 nitrogen and oxygen atoms in total. The van der Waals surface area contributed by atoms with Crippen LogP contribution < -0.4 is 11.1 Å². The van der Waals surface area contributed by atoms with Crippen LogP contribution in [0.3, 0.4) is 0 Å². The summed E-state index contributed by atoms with van der Waals surface area (Å²) in [6.07, 6.45) is 0.620. The highest BCUT2D eigenvalue weighted by atomic mass is 32.1. The fourth-order valence-corrected chi connectivity index (χ4v) is 2.33. The molecule has 0 saturated carbocycles. The predicted octanol–water partition coefficient (Wildman–Crippen LogP) is 2.58. The standard InChI is InChI=1S/C13H12F2N2OS/c14-9-3-4-10(16)12(15)11(9)13(18)17-6-5-8-2-1-7-19-8/h1-4,7H,5-6,16H2,(H,17,18). The lowest BCUT2D eigenvalue weighted by molar-refractivity contribution is 0.0946. The van der Waals surface area contributed by atoms with Gasteiger partial charge in [-0.1, -0.05) is 6.07 Å². The highest BCUT2D eigenvalue weighted by Gasteiger charge is 2.19. The third-order valence-corrected chi connectivity index (χ3v) is 3.52. The Labute approximate surface area is 113 Å². The molecule has 1 amide bonds. The van der Waals surface area contributed by atoms with Crippen LogP contribution in [0.1, 0.15) is 15.2 Å². The molecule has 100 valence electrons. The van der Waals surface area contributed by atoms with Gasteiger partial charge in [-0.15, -0.1) is 11.3 Å². The Bertz CT molecular complexity index is 585. The van der Waals surface area contributed by atoms with Gasteiger partial charge in [0.15, 0.2) is 5.82 Å². The van der Waals surface area contributed by atoms with E-state index in [4.69, 9.17) is 5.73 Å². The van der Waals surface area contributed by atoms with Crippen molar-refractivity contribution in [1.82, 2.24) is 5.32 Å². The first kappa shape index (κ1) is 13.5. The average molecular weight is 282 g/mol. The van der Waals surface area contributed by atoms with E-state index in [1.807, 2.05) is 17.5 Å². The highest BCUT2D eigenvalue weighted by molar-refractivity contribution is 7.09.